The van der Waals surface area contributed by atoms with Crippen LogP contribution in [-0.4, -0.2) is 41.9 Å². The highest BCUT2D eigenvalue weighted by molar-refractivity contribution is 7.17. The molecule has 172 valence electrons. The standard InChI is InChI=1S/C24H26N4O4S/c1-32-15-7-14-25-23(31)21-17-10-5-6-11-19(17)33-24(21)26-22(30)18-12-13-20(29)28(27-18)16-8-3-2-4-9-16/h2-4,8-9,12-13H,5-7,10-11,14-15H2,1H3,(H,25,31)(H,26,30). The lowest BCUT2D eigenvalue weighted by Crippen LogP contribution is -2.28. The Morgan fingerprint density at radius 3 is 2.67 bits per heavy atom. The molecule has 0 saturated heterocycles. The van der Waals surface area contributed by atoms with Gasteiger partial charge in [0.25, 0.3) is 17.4 Å². The molecule has 4 rings (SSSR count). The first-order valence-electron chi connectivity index (χ1n) is 11.0. The number of nitrogens with one attached hydrogen (secondary N) is 2. The first kappa shape index (κ1) is 22.9. The minimum Gasteiger partial charge on any atom is -0.385 e. The van der Waals surface area contributed by atoms with Crippen LogP contribution in [0.1, 0.15) is 50.5 Å². The van der Waals surface area contributed by atoms with Crippen molar-refractivity contribution in [3.63, 3.8) is 0 Å². The molecule has 3 aromatic rings. The Morgan fingerprint density at radius 1 is 1.09 bits per heavy atom. The maximum Gasteiger partial charge on any atom is 0.276 e. The number of aromatic nitrogens is 2. The number of ether oxygens (including phenoxy) is 1. The lowest BCUT2D eigenvalue weighted by atomic mass is 9.95. The third-order valence-corrected chi connectivity index (χ3v) is 6.68. The molecular weight excluding hydrogens is 440 g/mol. The SMILES string of the molecule is COCCCNC(=O)c1c(NC(=O)c2ccc(=O)n(-c3ccccc3)n2)sc2c1CCCC2. The van der Waals surface area contributed by atoms with E-state index in [1.165, 1.54) is 28.2 Å². The Morgan fingerprint density at radius 2 is 1.88 bits per heavy atom. The number of fused-ring (bicyclic) bond motifs is 1. The van der Waals surface area contributed by atoms with Gasteiger partial charge in [-0.1, -0.05) is 18.2 Å². The first-order chi connectivity index (χ1) is 16.1. The second-order valence-corrected chi connectivity index (χ2v) is 8.88. The summed E-state index contributed by atoms with van der Waals surface area (Å²) < 4.78 is 6.24. The van der Waals surface area contributed by atoms with Crippen LogP contribution in [0.15, 0.2) is 47.3 Å². The van der Waals surface area contributed by atoms with E-state index in [9.17, 15) is 14.4 Å². The Hall–Kier alpha value is -3.30. The second kappa shape index (κ2) is 10.5. The molecule has 0 bridgehead atoms. The number of anilines is 1. The van der Waals surface area contributed by atoms with Crippen LogP contribution in [0.2, 0.25) is 0 Å². The Labute approximate surface area is 195 Å². The normalized spacial score (nSPS) is 12.8. The van der Waals surface area contributed by atoms with Gasteiger partial charge in [0.15, 0.2) is 0 Å². The molecule has 0 unspecified atom stereocenters. The van der Waals surface area contributed by atoms with Gasteiger partial charge in [-0.25, -0.2) is 0 Å². The van der Waals surface area contributed by atoms with Gasteiger partial charge in [0.2, 0.25) is 0 Å². The number of para-hydroxylation sites is 1. The van der Waals surface area contributed by atoms with Crippen molar-refractivity contribution in [2.24, 2.45) is 0 Å². The third-order valence-electron chi connectivity index (χ3n) is 5.47. The van der Waals surface area contributed by atoms with E-state index in [4.69, 9.17) is 4.74 Å². The lowest BCUT2D eigenvalue weighted by molar-refractivity contribution is 0.0948. The van der Waals surface area contributed by atoms with Crippen molar-refractivity contribution in [1.29, 1.82) is 0 Å². The summed E-state index contributed by atoms with van der Waals surface area (Å²) in [6, 6.07) is 11.6. The zero-order chi connectivity index (χ0) is 23.2. The van der Waals surface area contributed by atoms with Crippen LogP contribution in [-0.2, 0) is 17.6 Å². The monoisotopic (exact) mass is 466 g/mol. The Balaban J connectivity index is 1.60. The maximum absolute atomic E-state index is 13.1. The number of aryl methyl sites for hydroxylation is 1. The molecule has 1 aliphatic rings. The molecule has 0 aliphatic heterocycles. The molecule has 0 fully saturated rings. The molecule has 0 atom stereocenters. The minimum absolute atomic E-state index is 0.0938. The van der Waals surface area contributed by atoms with Gasteiger partial charge in [-0.15, -0.1) is 11.3 Å². The highest BCUT2D eigenvalue weighted by Crippen LogP contribution is 2.38. The number of rotatable bonds is 8. The number of hydrogen-bond acceptors (Lipinski definition) is 6. The summed E-state index contributed by atoms with van der Waals surface area (Å²) in [6.07, 6.45) is 4.52. The van der Waals surface area contributed by atoms with Gasteiger partial charge in [0.05, 0.1) is 11.3 Å². The average Bonchev–Trinajstić information content (AvgIpc) is 3.20. The predicted molar refractivity (Wildman–Crippen MR) is 128 cm³/mol. The largest absolute Gasteiger partial charge is 0.385 e. The number of carbonyl (C=O) groups excluding carboxylic acids is 2. The number of carbonyl (C=O) groups is 2. The van der Waals surface area contributed by atoms with Crippen LogP contribution in [0.5, 0.6) is 0 Å². The van der Waals surface area contributed by atoms with Gasteiger partial charge in [-0.05, 0) is 55.9 Å². The third kappa shape index (κ3) is 5.20. The summed E-state index contributed by atoms with van der Waals surface area (Å²) in [4.78, 5) is 39.5. The zero-order valence-electron chi connectivity index (χ0n) is 18.4. The highest BCUT2D eigenvalue weighted by atomic mass is 32.1. The molecule has 9 heteroatoms. The van der Waals surface area contributed by atoms with E-state index >= 15 is 0 Å². The van der Waals surface area contributed by atoms with E-state index in [-0.39, 0.29) is 17.2 Å². The van der Waals surface area contributed by atoms with Gasteiger partial charge in [-0.2, -0.15) is 9.78 Å². The Bertz CT molecular complexity index is 1200. The van der Waals surface area contributed by atoms with Crippen LogP contribution in [0.3, 0.4) is 0 Å². The van der Waals surface area contributed by atoms with E-state index in [1.54, 1.807) is 31.4 Å². The van der Waals surface area contributed by atoms with Crippen LogP contribution in [0.4, 0.5) is 5.00 Å². The van der Waals surface area contributed by atoms with Crippen molar-refractivity contribution >= 4 is 28.2 Å². The number of benzene rings is 1. The molecule has 1 aliphatic carbocycles. The van der Waals surface area contributed by atoms with E-state index in [1.807, 2.05) is 6.07 Å². The molecule has 0 saturated carbocycles. The molecule has 0 spiro atoms. The van der Waals surface area contributed by atoms with E-state index < -0.39 is 5.91 Å². The van der Waals surface area contributed by atoms with Crippen molar-refractivity contribution in [2.45, 2.75) is 32.1 Å². The van der Waals surface area contributed by atoms with E-state index in [0.717, 1.165) is 36.1 Å². The summed E-state index contributed by atoms with van der Waals surface area (Å²) in [7, 11) is 1.62. The molecule has 2 aromatic heterocycles. The molecule has 2 heterocycles. The van der Waals surface area contributed by atoms with Crippen LogP contribution >= 0.6 is 11.3 Å². The minimum atomic E-state index is -0.466. The van der Waals surface area contributed by atoms with Gasteiger partial charge in [-0.3, -0.25) is 14.4 Å². The van der Waals surface area contributed by atoms with Crippen LogP contribution < -0.4 is 16.2 Å². The summed E-state index contributed by atoms with van der Waals surface area (Å²) in [6.45, 7) is 1.06. The number of methoxy groups -OCH3 is 1. The van der Waals surface area contributed by atoms with E-state index in [2.05, 4.69) is 15.7 Å². The fraction of sp³-hybridized carbons (Fsp3) is 0.333. The topological polar surface area (TPSA) is 102 Å². The molecule has 2 amide bonds. The van der Waals surface area contributed by atoms with Crippen molar-refractivity contribution in [1.82, 2.24) is 15.1 Å². The second-order valence-electron chi connectivity index (χ2n) is 7.78. The molecule has 33 heavy (non-hydrogen) atoms. The van der Waals surface area contributed by atoms with Crippen molar-refractivity contribution in [2.75, 3.05) is 25.6 Å². The summed E-state index contributed by atoms with van der Waals surface area (Å²) in [5.74, 6) is -0.658. The summed E-state index contributed by atoms with van der Waals surface area (Å²) in [5, 5.41) is 10.6. The number of nitrogens with zero attached hydrogens (tertiary/aromatic N) is 2. The smallest absolute Gasteiger partial charge is 0.276 e. The number of amides is 2. The fourth-order valence-electron chi connectivity index (χ4n) is 3.85. The van der Waals surface area contributed by atoms with Crippen molar-refractivity contribution in [3.8, 4) is 5.69 Å². The van der Waals surface area contributed by atoms with E-state index in [0.29, 0.717) is 35.8 Å². The van der Waals surface area contributed by atoms with Gasteiger partial charge in [0.1, 0.15) is 10.7 Å². The summed E-state index contributed by atoms with van der Waals surface area (Å²) in [5.41, 5.74) is 1.89. The Kier molecular flexibility index (Phi) is 7.31. The fourth-order valence-corrected chi connectivity index (χ4v) is 5.14. The van der Waals surface area contributed by atoms with Crippen molar-refractivity contribution in [3.05, 3.63) is 74.5 Å². The number of hydrogen-bond donors (Lipinski definition) is 2. The summed E-state index contributed by atoms with van der Waals surface area (Å²) >= 11 is 1.45. The molecule has 0 radical (unpaired) electrons. The average molecular weight is 467 g/mol. The molecule has 1 aromatic carbocycles. The number of thiophene rings is 1. The first-order valence-corrected chi connectivity index (χ1v) is 11.8. The molecule has 8 nitrogen and oxygen atoms in total. The zero-order valence-corrected chi connectivity index (χ0v) is 19.2. The van der Waals surface area contributed by atoms with Crippen LogP contribution in [0.25, 0.3) is 5.69 Å². The van der Waals surface area contributed by atoms with Gasteiger partial charge in [0, 0.05) is 31.2 Å². The van der Waals surface area contributed by atoms with Gasteiger partial charge >= 0.3 is 0 Å². The van der Waals surface area contributed by atoms with Gasteiger partial charge < -0.3 is 15.4 Å². The maximum atomic E-state index is 13.1. The highest BCUT2D eigenvalue weighted by Gasteiger charge is 2.26. The quantitative estimate of drug-likeness (QED) is 0.497. The molecule has 2 N–H and O–H groups in total. The molecular formula is C24H26N4O4S. The van der Waals surface area contributed by atoms with Crippen molar-refractivity contribution < 1.29 is 14.3 Å². The van der Waals surface area contributed by atoms with Crippen LogP contribution in [0, 0.1) is 0 Å². The predicted octanol–water partition coefficient (Wildman–Crippen LogP) is 3.19. The lowest BCUT2D eigenvalue weighted by Gasteiger charge is -2.13.